The van der Waals surface area contributed by atoms with E-state index in [4.69, 9.17) is 0 Å². The third kappa shape index (κ3) is 4.57. The van der Waals surface area contributed by atoms with Crippen molar-refractivity contribution in [2.24, 2.45) is 0 Å². The molecule has 2 aromatic rings. The van der Waals surface area contributed by atoms with Crippen LogP contribution in [0.15, 0.2) is 48.5 Å². The van der Waals surface area contributed by atoms with Gasteiger partial charge in [-0.15, -0.1) is 0 Å². The summed E-state index contributed by atoms with van der Waals surface area (Å²) >= 11 is 0. The van der Waals surface area contributed by atoms with Crippen LogP contribution >= 0.6 is 0 Å². The van der Waals surface area contributed by atoms with Crippen LogP contribution in [0.3, 0.4) is 0 Å². The first kappa shape index (κ1) is 16.5. The summed E-state index contributed by atoms with van der Waals surface area (Å²) in [6.07, 6.45) is -4.48. The summed E-state index contributed by atoms with van der Waals surface area (Å²) < 4.78 is 37.9. The van der Waals surface area contributed by atoms with Crippen molar-refractivity contribution in [3.8, 4) is 0 Å². The van der Waals surface area contributed by atoms with Gasteiger partial charge in [0, 0.05) is 23.9 Å². The third-order valence-electron chi connectivity index (χ3n) is 2.89. The van der Waals surface area contributed by atoms with Crippen LogP contribution in [-0.4, -0.2) is 11.8 Å². The molecule has 0 heterocycles. The highest BCUT2D eigenvalue weighted by molar-refractivity contribution is 6.05. The van der Waals surface area contributed by atoms with E-state index >= 15 is 0 Å². The molecular formula is C16H13F3N2O2. The standard InChI is InChI=1S/C16H13F3N2O2/c1-10(22)20-13-6-2-4-11(8-13)15(23)21-14-7-3-5-12(9-14)16(17,18)19/h2-9H,1H3,(H,20,22)(H,21,23). The highest BCUT2D eigenvalue weighted by Crippen LogP contribution is 2.30. The second-order valence-electron chi connectivity index (χ2n) is 4.79. The number of hydrogen-bond acceptors (Lipinski definition) is 2. The van der Waals surface area contributed by atoms with Crippen LogP contribution in [0.1, 0.15) is 22.8 Å². The lowest BCUT2D eigenvalue weighted by Crippen LogP contribution is -2.14. The molecule has 2 N–H and O–H groups in total. The zero-order valence-electron chi connectivity index (χ0n) is 12.1. The molecule has 0 spiro atoms. The van der Waals surface area contributed by atoms with Crippen molar-refractivity contribution in [1.29, 1.82) is 0 Å². The lowest BCUT2D eigenvalue weighted by atomic mass is 10.1. The molecular weight excluding hydrogens is 309 g/mol. The molecule has 0 unspecified atom stereocenters. The average Bonchev–Trinajstić information content (AvgIpc) is 2.46. The Kier molecular flexibility index (Phi) is 4.68. The van der Waals surface area contributed by atoms with Gasteiger partial charge in [-0.25, -0.2) is 0 Å². The van der Waals surface area contributed by atoms with Crippen LogP contribution in [-0.2, 0) is 11.0 Å². The Morgan fingerprint density at radius 1 is 0.913 bits per heavy atom. The first-order valence-corrected chi connectivity index (χ1v) is 6.62. The molecule has 0 aliphatic carbocycles. The Labute approximate surface area is 130 Å². The number of anilines is 2. The molecule has 0 fully saturated rings. The molecule has 0 aromatic heterocycles. The van der Waals surface area contributed by atoms with E-state index in [1.807, 2.05) is 0 Å². The molecule has 2 rings (SSSR count). The van der Waals surface area contributed by atoms with Crippen molar-refractivity contribution >= 4 is 23.2 Å². The molecule has 23 heavy (non-hydrogen) atoms. The second-order valence-corrected chi connectivity index (χ2v) is 4.79. The molecule has 0 bridgehead atoms. The maximum absolute atomic E-state index is 12.6. The van der Waals surface area contributed by atoms with Crippen LogP contribution in [0, 0.1) is 0 Å². The number of rotatable bonds is 3. The molecule has 2 aromatic carbocycles. The number of carbonyl (C=O) groups excluding carboxylic acids is 2. The fraction of sp³-hybridized carbons (Fsp3) is 0.125. The lowest BCUT2D eigenvalue weighted by Gasteiger charge is -2.10. The van der Waals surface area contributed by atoms with Crippen LogP contribution < -0.4 is 10.6 Å². The van der Waals surface area contributed by atoms with Crippen molar-refractivity contribution < 1.29 is 22.8 Å². The maximum Gasteiger partial charge on any atom is 0.416 e. The zero-order valence-corrected chi connectivity index (χ0v) is 12.1. The van der Waals surface area contributed by atoms with Gasteiger partial charge in [0.05, 0.1) is 5.56 Å². The number of hydrogen-bond donors (Lipinski definition) is 2. The van der Waals surface area contributed by atoms with Gasteiger partial charge in [-0.05, 0) is 36.4 Å². The van der Waals surface area contributed by atoms with Gasteiger partial charge in [0.2, 0.25) is 5.91 Å². The zero-order chi connectivity index (χ0) is 17.0. The molecule has 2 amide bonds. The number of nitrogens with one attached hydrogen (secondary N) is 2. The van der Waals surface area contributed by atoms with Gasteiger partial charge in [0.1, 0.15) is 0 Å². The van der Waals surface area contributed by atoms with E-state index in [0.29, 0.717) is 5.69 Å². The maximum atomic E-state index is 12.6. The molecule has 120 valence electrons. The third-order valence-corrected chi connectivity index (χ3v) is 2.89. The van der Waals surface area contributed by atoms with E-state index < -0.39 is 17.6 Å². The lowest BCUT2D eigenvalue weighted by molar-refractivity contribution is -0.137. The van der Waals surface area contributed by atoms with Crippen molar-refractivity contribution in [2.45, 2.75) is 13.1 Å². The Bertz CT molecular complexity index is 742. The van der Waals surface area contributed by atoms with E-state index in [0.717, 1.165) is 12.1 Å². The van der Waals surface area contributed by atoms with Gasteiger partial charge in [0.15, 0.2) is 0 Å². The van der Waals surface area contributed by atoms with Gasteiger partial charge in [-0.3, -0.25) is 9.59 Å². The van der Waals surface area contributed by atoms with Crippen LogP contribution in [0.4, 0.5) is 24.5 Å². The van der Waals surface area contributed by atoms with Gasteiger partial charge < -0.3 is 10.6 Å². The average molecular weight is 322 g/mol. The minimum absolute atomic E-state index is 0.0368. The Hall–Kier alpha value is -2.83. The normalized spacial score (nSPS) is 11.0. The van der Waals surface area contributed by atoms with Crippen molar-refractivity contribution in [3.05, 3.63) is 59.7 Å². The van der Waals surface area contributed by atoms with E-state index in [1.54, 1.807) is 12.1 Å². The summed E-state index contributed by atoms with van der Waals surface area (Å²) in [6.45, 7) is 1.33. The van der Waals surface area contributed by atoms with Gasteiger partial charge in [-0.1, -0.05) is 12.1 Å². The topological polar surface area (TPSA) is 58.2 Å². The number of amides is 2. The summed E-state index contributed by atoms with van der Waals surface area (Å²) in [5.41, 5.74) is -0.167. The molecule has 0 aliphatic heterocycles. The number of halogens is 3. The first-order chi connectivity index (χ1) is 10.8. The van der Waals surface area contributed by atoms with Crippen LogP contribution in [0.5, 0.6) is 0 Å². The predicted octanol–water partition coefficient (Wildman–Crippen LogP) is 3.92. The monoisotopic (exact) mass is 322 g/mol. The van der Waals surface area contributed by atoms with E-state index in [1.165, 1.54) is 31.2 Å². The van der Waals surface area contributed by atoms with Gasteiger partial charge in [0.25, 0.3) is 5.91 Å². The SMILES string of the molecule is CC(=O)Nc1cccc(C(=O)Nc2cccc(C(F)(F)F)c2)c1. The molecule has 0 aliphatic rings. The Morgan fingerprint density at radius 3 is 2.13 bits per heavy atom. The number of carbonyl (C=O) groups is 2. The fourth-order valence-corrected chi connectivity index (χ4v) is 1.92. The van der Waals surface area contributed by atoms with E-state index in [-0.39, 0.29) is 17.2 Å². The van der Waals surface area contributed by atoms with Crippen molar-refractivity contribution in [3.63, 3.8) is 0 Å². The Morgan fingerprint density at radius 2 is 1.52 bits per heavy atom. The first-order valence-electron chi connectivity index (χ1n) is 6.62. The minimum Gasteiger partial charge on any atom is -0.326 e. The smallest absolute Gasteiger partial charge is 0.326 e. The van der Waals surface area contributed by atoms with E-state index in [9.17, 15) is 22.8 Å². The van der Waals surface area contributed by atoms with E-state index in [2.05, 4.69) is 10.6 Å². The Balaban J connectivity index is 2.18. The van der Waals surface area contributed by atoms with Crippen molar-refractivity contribution in [1.82, 2.24) is 0 Å². The number of alkyl halides is 3. The van der Waals surface area contributed by atoms with Crippen LogP contribution in [0.25, 0.3) is 0 Å². The quantitative estimate of drug-likeness (QED) is 0.900. The summed E-state index contributed by atoms with van der Waals surface area (Å²) in [5, 5.41) is 4.92. The minimum atomic E-state index is -4.48. The molecule has 7 heteroatoms. The molecule has 4 nitrogen and oxygen atoms in total. The fourth-order valence-electron chi connectivity index (χ4n) is 1.92. The number of benzene rings is 2. The predicted molar refractivity (Wildman–Crippen MR) is 80.1 cm³/mol. The largest absolute Gasteiger partial charge is 0.416 e. The molecule has 0 atom stereocenters. The highest BCUT2D eigenvalue weighted by Gasteiger charge is 2.30. The highest BCUT2D eigenvalue weighted by atomic mass is 19.4. The molecule has 0 saturated carbocycles. The van der Waals surface area contributed by atoms with Crippen molar-refractivity contribution in [2.75, 3.05) is 10.6 Å². The summed E-state index contributed by atoms with van der Waals surface area (Å²) in [5.74, 6) is -0.864. The van der Waals surface area contributed by atoms with Crippen LogP contribution in [0.2, 0.25) is 0 Å². The second kappa shape index (κ2) is 6.51. The summed E-state index contributed by atoms with van der Waals surface area (Å²) in [6, 6.07) is 10.5. The summed E-state index contributed by atoms with van der Waals surface area (Å²) in [4.78, 5) is 23.1. The van der Waals surface area contributed by atoms with Gasteiger partial charge in [-0.2, -0.15) is 13.2 Å². The molecule has 0 radical (unpaired) electrons. The summed E-state index contributed by atoms with van der Waals surface area (Å²) in [7, 11) is 0. The molecule has 0 saturated heterocycles. The van der Waals surface area contributed by atoms with Gasteiger partial charge >= 0.3 is 6.18 Å².